The van der Waals surface area contributed by atoms with E-state index in [1.54, 1.807) is 4.31 Å². The second-order valence-electron chi connectivity index (χ2n) is 6.31. The van der Waals surface area contributed by atoms with Gasteiger partial charge in [-0.25, -0.2) is 0 Å². The molecule has 6 heteroatoms. The summed E-state index contributed by atoms with van der Waals surface area (Å²) in [6.07, 6.45) is 4.95. The predicted octanol–water partition coefficient (Wildman–Crippen LogP) is 1.72. The Kier molecular flexibility index (Phi) is 7.43. The molecule has 0 aromatic heterocycles. The number of likely N-dealkylation sites (N-methyl/N-ethyl adjacent to an activating group) is 1. The van der Waals surface area contributed by atoms with E-state index in [0.29, 0.717) is 12.5 Å². The summed E-state index contributed by atoms with van der Waals surface area (Å²) < 4.78 is 29.5. The Bertz CT molecular complexity index is 369. The maximum Gasteiger partial charge on any atom is 0.279 e. The Morgan fingerprint density at radius 1 is 1.20 bits per heavy atom. The molecule has 0 aromatic rings. The second-order valence-corrected chi connectivity index (χ2v) is 7.97. The molecule has 1 aliphatic rings. The molecular formula is C14H31N3O2S. The van der Waals surface area contributed by atoms with Crippen molar-refractivity contribution in [2.75, 3.05) is 20.1 Å². The first-order valence-corrected chi connectivity index (χ1v) is 9.24. The molecule has 2 N–H and O–H groups in total. The Morgan fingerprint density at radius 2 is 1.90 bits per heavy atom. The van der Waals surface area contributed by atoms with Gasteiger partial charge in [0.15, 0.2) is 0 Å². The van der Waals surface area contributed by atoms with Crippen LogP contribution in [0, 0.1) is 5.92 Å². The predicted molar refractivity (Wildman–Crippen MR) is 83.9 cm³/mol. The van der Waals surface area contributed by atoms with Crippen molar-refractivity contribution in [3.63, 3.8) is 0 Å². The zero-order valence-electron chi connectivity index (χ0n) is 13.4. The summed E-state index contributed by atoms with van der Waals surface area (Å²) in [4.78, 5) is 0. The fraction of sp³-hybridized carbons (Fsp3) is 1.00. The summed E-state index contributed by atoms with van der Waals surface area (Å²) in [7, 11) is -1.49. The van der Waals surface area contributed by atoms with Crippen LogP contribution in [0.5, 0.6) is 0 Å². The highest BCUT2D eigenvalue weighted by molar-refractivity contribution is 7.87. The van der Waals surface area contributed by atoms with Crippen molar-refractivity contribution < 1.29 is 8.42 Å². The van der Waals surface area contributed by atoms with Gasteiger partial charge in [0.25, 0.3) is 10.2 Å². The van der Waals surface area contributed by atoms with E-state index in [1.807, 2.05) is 14.0 Å². The first-order valence-electron chi connectivity index (χ1n) is 7.80. The summed E-state index contributed by atoms with van der Waals surface area (Å²) in [6.45, 7) is 7.64. The fourth-order valence-electron chi connectivity index (χ4n) is 2.69. The molecule has 0 saturated carbocycles. The Labute approximate surface area is 124 Å². The van der Waals surface area contributed by atoms with Gasteiger partial charge in [-0.15, -0.1) is 0 Å². The first kappa shape index (κ1) is 17.9. The minimum Gasteiger partial charge on any atom is -0.318 e. The lowest BCUT2D eigenvalue weighted by Crippen LogP contribution is -2.53. The van der Waals surface area contributed by atoms with Crippen molar-refractivity contribution in [2.45, 2.75) is 65.0 Å². The molecule has 120 valence electrons. The largest absolute Gasteiger partial charge is 0.318 e. The number of piperidine rings is 1. The molecule has 1 saturated heterocycles. The molecule has 0 bridgehead atoms. The highest BCUT2D eigenvalue weighted by Crippen LogP contribution is 2.20. The molecule has 0 spiro atoms. The van der Waals surface area contributed by atoms with Crippen molar-refractivity contribution in [1.29, 1.82) is 0 Å². The first-order chi connectivity index (χ1) is 9.36. The van der Waals surface area contributed by atoms with Crippen LogP contribution in [-0.4, -0.2) is 44.9 Å². The molecule has 1 fully saturated rings. The van der Waals surface area contributed by atoms with Crippen molar-refractivity contribution in [1.82, 2.24) is 14.3 Å². The molecule has 1 rings (SSSR count). The van der Waals surface area contributed by atoms with E-state index in [9.17, 15) is 8.42 Å². The zero-order chi connectivity index (χ0) is 15.2. The summed E-state index contributed by atoms with van der Waals surface area (Å²) in [5.74, 6) is 0.606. The van der Waals surface area contributed by atoms with Crippen LogP contribution in [0.3, 0.4) is 0 Å². The van der Waals surface area contributed by atoms with E-state index in [4.69, 9.17) is 0 Å². The summed E-state index contributed by atoms with van der Waals surface area (Å²) in [6, 6.07) is 0.0862. The van der Waals surface area contributed by atoms with Gasteiger partial charge in [-0.1, -0.05) is 20.3 Å². The number of hydrogen-bond donors (Lipinski definition) is 2. The molecule has 20 heavy (non-hydrogen) atoms. The molecule has 1 aliphatic heterocycles. The second kappa shape index (κ2) is 8.32. The van der Waals surface area contributed by atoms with E-state index in [2.05, 4.69) is 23.9 Å². The molecule has 1 heterocycles. The van der Waals surface area contributed by atoms with Gasteiger partial charge < -0.3 is 5.32 Å². The Morgan fingerprint density at radius 3 is 2.50 bits per heavy atom. The van der Waals surface area contributed by atoms with Crippen LogP contribution in [0.4, 0.5) is 0 Å². The quantitative estimate of drug-likeness (QED) is 0.718. The van der Waals surface area contributed by atoms with Crippen LogP contribution in [0.2, 0.25) is 0 Å². The minimum absolute atomic E-state index is 0.000405. The monoisotopic (exact) mass is 305 g/mol. The van der Waals surface area contributed by atoms with Gasteiger partial charge in [0.1, 0.15) is 0 Å². The molecule has 0 aliphatic carbocycles. The van der Waals surface area contributed by atoms with E-state index in [-0.39, 0.29) is 12.1 Å². The van der Waals surface area contributed by atoms with Gasteiger partial charge >= 0.3 is 0 Å². The van der Waals surface area contributed by atoms with E-state index in [0.717, 1.165) is 38.6 Å². The normalized spacial score (nSPS) is 23.1. The van der Waals surface area contributed by atoms with Crippen molar-refractivity contribution in [3.05, 3.63) is 0 Å². The van der Waals surface area contributed by atoms with E-state index >= 15 is 0 Å². The number of hydrogen-bond acceptors (Lipinski definition) is 3. The average Bonchev–Trinajstić information content (AvgIpc) is 2.37. The highest BCUT2D eigenvalue weighted by Gasteiger charge is 2.32. The van der Waals surface area contributed by atoms with E-state index in [1.165, 1.54) is 0 Å². The van der Waals surface area contributed by atoms with Crippen molar-refractivity contribution in [3.8, 4) is 0 Å². The average molecular weight is 305 g/mol. The fourth-order valence-corrected chi connectivity index (χ4v) is 4.40. The van der Waals surface area contributed by atoms with Crippen LogP contribution in [0.15, 0.2) is 0 Å². The number of nitrogens with zero attached hydrogens (tertiary/aromatic N) is 1. The highest BCUT2D eigenvalue weighted by atomic mass is 32.2. The third kappa shape index (κ3) is 5.68. The summed E-state index contributed by atoms with van der Waals surface area (Å²) >= 11 is 0. The molecular weight excluding hydrogens is 274 g/mol. The van der Waals surface area contributed by atoms with Gasteiger partial charge in [0, 0.05) is 25.2 Å². The summed E-state index contributed by atoms with van der Waals surface area (Å²) in [5.41, 5.74) is 0. The van der Waals surface area contributed by atoms with Crippen LogP contribution < -0.4 is 10.0 Å². The van der Waals surface area contributed by atoms with Gasteiger partial charge in [0.05, 0.1) is 0 Å². The lowest BCUT2D eigenvalue weighted by molar-refractivity contribution is 0.244. The third-order valence-electron chi connectivity index (χ3n) is 3.85. The topological polar surface area (TPSA) is 61.4 Å². The van der Waals surface area contributed by atoms with Crippen LogP contribution in [0.25, 0.3) is 0 Å². The lowest BCUT2D eigenvalue weighted by Gasteiger charge is -2.35. The molecule has 5 nitrogen and oxygen atoms in total. The smallest absolute Gasteiger partial charge is 0.279 e. The minimum atomic E-state index is -3.36. The van der Waals surface area contributed by atoms with Gasteiger partial charge in [-0.05, 0) is 45.6 Å². The van der Waals surface area contributed by atoms with Crippen molar-refractivity contribution in [2.24, 2.45) is 5.92 Å². The van der Waals surface area contributed by atoms with Gasteiger partial charge in [-0.3, -0.25) is 0 Å². The molecule has 2 atom stereocenters. The zero-order valence-corrected chi connectivity index (χ0v) is 14.2. The standard InChI is InChI=1S/C14H31N3O2S/c1-12(2)8-9-13(3)16-20(18,19)17-10-6-5-7-14(17)11-15-4/h12-16H,5-11H2,1-4H3. The van der Waals surface area contributed by atoms with Crippen LogP contribution in [-0.2, 0) is 10.2 Å². The van der Waals surface area contributed by atoms with E-state index < -0.39 is 10.2 Å². The SMILES string of the molecule is CNCC1CCCCN1S(=O)(=O)NC(C)CCC(C)C. The lowest BCUT2D eigenvalue weighted by atomic mass is 10.1. The number of rotatable bonds is 8. The molecule has 0 aromatic carbocycles. The van der Waals surface area contributed by atoms with Crippen LogP contribution in [0.1, 0.15) is 52.9 Å². The summed E-state index contributed by atoms with van der Waals surface area (Å²) in [5, 5.41) is 3.10. The van der Waals surface area contributed by atoms with Gasteiger partial charge in [0.2, 0.25) is 0 Å². The maximum absolute atomic E-state index is 12.5. The number of nitrogens with one attached hydrogen (secondary N) is 2. The Hall–Kier alpha value is -0.170. The van der Waals surface area contributed by atoms with Crippen LogP contribution >= 0.6 is 0 Å². The van der Waals surface area contributed by atoms with Crippen molar-refractivity contribution >= 4 is 10.2 Å². The third-order valence-corrected chi connectivity index (χ3v) is 5.65. The molecule has 0 amide bonds. The molecule has 0 radical (unpaired) electrons. The Balaban J connectivity index is 2.60. The molecule has 2 unspecified atom stereocenters. The maximum atomic E-state index is 12.5. The van der Waals surface area contributed by atoms with Gasteiger partial charge in [-0.2, -0.15) is 17.4 Å².